The van der Waals surface area contributed by atoms with E-state index in [-0.39, 0.29) is 12.2 Å². The molecule has 0 fully saturated rings. The van der Waals surface area contributed by atoms with Gasteiger partial charge in [-0.05, 0) is 0 Å². The molecular weight excluding hydrogens is 246 g/mol. The van der Waals surface area contributed by atoms with Gasteiger partial charge in [0.1, 0.15) is 18.1 Å². The van der Waals surface area contributed by atoms with E-state index in [9.17, 15) is 9.59 Å². The van der Waals surface area contributed by atoms with E-state index in [2.05, 4.69) is 9.97 Å². The topological polar surface area (TPSA) is 86.3 Å². The first-order valence-corrected chi connectivity index (χ1v) is 5.65. The molecule has 0 aliphatic heterocycles. The molecule has 0 unspecified atom stereocenters. The minimum absolute atomic E-state index is 0.266. The molecule has 0 saturated heterocycles. The Morgan fingerprint density at radius 2 is 2.00 bits per heavy atom. The standard InChI is InChI=1S/C13H13N3O3/c1-16(8-11(17)18)13(19)10-7-14-12(15-10)9-5-3-2-4-6-9/h2-7H,8H2,1H3,(H,14,15)(H,17,18). The largest absolute Gasteiger partial charge is 0.480 e. The third-order valence-electron chi connectivity index (χ3n) is 2.57. The average Bonchev–Trinajstić information content (AvgIpc) is 2.87. The van der Waals surface area contributed by atoms with Crippen molar-refractivity contribution < 1.29 is 14.7 Å². The molecule has 1 aromatic heterocycles. The second-order valence-electron chi connectivity index (χ2n) is 4.07. The van der Waals surface area contributed by atoms with Crippen molar-refractivity contribution >= 4 is 11.9 Å². The van der Waals surface area contributed by atoms with Gasteiger partial charge in [-0.15, -0.1) is 0 Å². The molecule has 1 heterocycles. The number of nitrogens with zero attached hydrogens (tertiary/aromatic N) is 2. The van der Waals surface area contributed by atoms with E-state index >= 15 is 0 Å². The van der Waals surface area contributed by atoms with E-state index in [1.54, 1.807) is 0 Å². The highest BCUT2D eigenvalue weighted by atomic mass is 16.4. The van der Waals surface area contributed by atoms with E-state index in [0.717, 1.165) is 10.5 Å². The summed E-state index contributed by atoms with van der Waals surface area (Å²) in [5, 5.41) is 8.64. The lowest BCUT2D eigenvalue weighted by Gasteiger charge is -2.12. The highest BCUT2D eigenvalue weighted by molar-refractivity contribution is 5.94. The average molecular weight is 259 g/mol. The molecule has 2 aromatic rings. The summed E-state index contributed by atoms with van der Waals surface area (Å²) in [6.45, 7) is -0.349. The van der Waals surface area contributed by atoms with E-state index in [1.807, 2.05) is 30.3 Å². The summed E-state index contributed by atoms with van der Waals surface area (Å²) in [6.07, 6.45) is 1.41. The predicted molar refractivity (Wildman–Crippen MR) is 68.6 cm³/mol. The third kappa shape index (κ3) is 2.98. The van der Waals surface area contributed by atoms with Gasteiger partial charge in [-0.3, -0.25) is 9.59 Å². The number of aliphatic carboxylic acids is 1. The second kappa shape index (κ2) is 5.34. The number of H-pyrrole nitrogens is 1. The molecule has 2 rings (SSSR count). The molecule has 19 heavy (non-hydrogen) atoms. The zero-order valence-electron chi connectivity index (χ0n) is 10.3. The van der Waals surface area contributed by atoms with Gasteiger partial charge in [0, 0.05) is 12.6 Å². The van der Waals surface area contributed by atoms with Gasteiger partial charge in [0.2, 0.25) is 0 Å². The molecular formula is C13H13N3O3. The van der Waals surface area contributed by atoms with Crippen LogP contribution in [0.25, 0.3) is 11.4 Å². The number of carbonyl (C=O) groups is 2. The Hall–Kier alpha value is -2.63. The lowest BCUT2D eigenvalue weighted by atomic mass is 10.2. The Morgan fingerprint density at radius 1 is 1.32 bits per heavy atom. The monoisotopic (exact) mass is 259 g/mol. The summed E-state index contributed by atoms with van der Waals surface area (Å²) in [4.78, 5) is 30.6. The number of amides is 1. The van der Waals surface area contributed by atoms with Crippen molar-refractivity contribution in [2.75, 3.05) is 13.6 Å². The minimum atomic E-state index is -1.06. The van der Waals surface area contributed by atoms with Crippen LogP contribution in [-0.2, 0) is 4.79 Å². The Balaban J connectivity index is 2.17. The number of likely N-dealkylation sites (N-methyl/N-ethyl adjacent to an activating group) is 1. The summed E-state index contributed by atoms with van der Waals surface area (Å²) in [7, 11) is 1.43. The van der Waals surface area contributed by atoms with Crippen LogP contribution in [0.2, 0.25) is 0 Å². The number of nitrogens with one attached hydrogen (secondary N) is 1. The maximum Gasteiger partial charge on any atom is 0.323 e. The van der Waals surface area contributed by atoms with Crippen LogP contribution in [0.1, 0.15) is 10.5 Å². The van der Waals surface area contributed by atoms with Gasteiger partial charge in [0.25, 0.3) is 5.91 Å². The third-order valence-corrected chi connectivity index (χ3v) is 2.57. The molecule has 0 atom stereocenters. The quantitative estimate of drug-likeness (QED) is 0.864. The van der Waals surface area contributed by atoms with E-state index < -0.39 is 11.9 Å². The maximum absolute atomic E-state index is 11.9. The number of carbonyl (C=O) groups excluding carboxylic acids is 1. The normalized spacial score (nSPS) is 10.2. The van der Waals surface area contributed by atoms with Crippen LogP contribution < -0.4 is 0 Å². The summed E-state index contributed by atoms with van der Waals surface area (Å²) in [6, 6.07) is 9.37. The van der Waals surface area contributed by atoms with Gasteiger partial charge in [0.05, 0.1) is 6.20 Å². The number of imidazole rings is 1. The Kier molecular flexibility index (Phi) is 3.61. The van der Waals surface area contributed by atoms with Gasteiger partial charge in [-0.2, -0.15) is 0 Å². The molecule has 1 amide bonds. The number of hydrogen-bond acceptors (Lipinski definition) is 3. The first-order chi connectivity index (χ1) is 9.08. The molecule has 0 spiro atoms. The van der Waals surface area contributed by atoms with Crippen molar-refractivity contribution in [3.8, 4) is 11.4 Å². The number of benzene rings is 1. The van der Waals surface area contributed by atoms with Gasteiger partial charge in [-0.25, -0.2) is 4.98 Å². The van der Waals surface area contributed by atoms with Gasteiger partial charge >= 0.3 is 5.97 Å². The fraction of sp³-hybridized carbons (Fsp3) is 0.154. The fourth-order valence-corrected chi connectivity index (χ4v) is 1.65. The molecule has 0 saturated carbocycles. The van der Waals surface area contributed by atoms with Crippen LogP contribution in [0, 0.1) is 0 Å². The molecule has 6 nitrogen and oxygen atoms in total. The van der Waals surface area contributed by atoms with Crippen molar-refractivity contribution in [1.82, 2.24) is 14.9 Å². The van der Waals surface area contributed by atoms with Gasteiger partial charge in [-0.1, -0.05) is 30.3 Å². The predicted octanol–water partition coefficient (Wildman–Crippen LogP) is 1.23. The zero-order valence-corrected chi connectivity index (χ0v) is 10.3. The van der Waals surface area contributed by atoms with Crippen molar-refractivity contribution in [2.45, 2.75) is 0 Å². The number of carboxylic acids is 1. The highest BCUT2D eigenvalue weighted by Crippen LogP contribution is 2.15. The Morgan fingerprint density at radius 3 is 2.63 bits per heavy atom. The van der Waals surface area contributed by atoms with Crippen molar-refractivity contribution in [3.63, 3.8) is 0 Å². The molecule has 1 aromatic carbocycles. The molecule has 0 aliphatic carbocycles. The number of aromatic amines is 1. The number of aromatic nitrogens is 2. The summed E-state index contributed by atoms with van der Waals surface area (Å²) in [5.74, 6) is -0.886. The lowest BCUT2D eigenvalue weighted by molar-refractivity contribution is -0.137. The van der Waals surface area contributed by atoms with E-state index in [0.29, 0.717) is 5.82 Å². The fourth-order valence-electron chi connectivity index (χ4n) is 1.65. The van der Waals surface area contributed by atoms with Crippen LogP contribution in [-0.4, -0.2) is 45.4 Å². The number of hydrogen-bond donors (Lipinski definition) is 2. The minimum Gasteiger partial charge on any atom is -0.480 e. The summed E-state index contributed by atoms with van der Waals surface area (Å²) in [5.41, 5.74) is 1.13. The van der Waals surface area contributed by atoms with Crippen molar-refractivity contribution in [1.29, 1.82) is 0 Å². The van der Waals surface area contributed by atoms with Crippen LogP contribution in [0.3, 0.4) is 0 Å². The number of carboxylic acid groups (broad SMARTS) is 1. The van der Waals surface area contributed by atoms with Gasteiger partial charge < -0.3 is 15.0 Å². The smallest absolute Gasteiger partial charge is 0.323 e. The Labute approximate surface area is 109 Å². The maximum atomic E-state index is 11.9. The molecule has 0 bridgehead atoms. The van der Waals surface area contributed by atoms with Crippen LogP contribution in [0.5, 0.6) is 0 Å². The first-order valence-electron chi connectivity index (χ1n) is 5.65. The molecule has 6 heteroatoms. The first kappa shape index (κ1) is 12.8. The molecule has 98 valence electrons. The summed E-state index contributed by atoms with van der Waals surface area (Å²) >= 11 is 0. The Bertz CT molecular complexity index is 592. The zero-order chi connectivity index (χ0) is 13.8. The van der Waals surface area contributed by atoms with Crippen LogP contribution in [0.4, 0.5) is 0 Å². The van der Waals surface area contributed by atoms with E-state index in [4.69, 9.17) is 5.11 Å². The molecule has 0 radical (unpaired) electrons. The van der Waals surface area contributed by atoms with Crippen molar-refractivity contribution in [2.24, 2.45) is 0 Å². The van der Waals surface area contributed by atoms with Gasteiger partial charge in [0.15, 0.2) is 0 Å². The van der Waals surface area contributed by atoms with E-state index in [1.165, 1.54) is 13.2 Å². The number of rotatable bonds is 4. The van der Waals surface area contributed by atoms with Crippen LogP contribution in [0.15, 0.2) is 36.5 Å². The van der Waals surface area contributed by atoms with Crippen LogP contribution >= 0.6 is 0 Å². The lowest BCUT2D eigenvalue weighted by Crippen LogP contribution is -2.32. The SMILES string of the molecule is CN(CC(=O)O)C(=O)c1cnc(-c2ccccc2)[nH]1. The molecule has 2 N–H and O–H groups in total. The van der Waals surface area contributed by atoms with Crippen molar-refractivity contribution in [3.05, 3.63) is 42.2 Å². The molecule has 0 aliphatic rings. The summed E-state index contributed by atoms with van der Waals surface area (Å²) < 4.78 is 0. The second-order valence-corrected chi connectivity index (χ2v) is 4.07. The highest BCUT2D eigenvalue weighted by Gasteiger charge is 2.16.